The Labute approximate surface area is 120 Å². The summed E-state index contributed by atoms with van der Waals surface area (Å²) in [7, 11) is 3.18. The summed E-state index contributed by atoms with van der Waals surface area (Å²) in [6.07, 6.45) is 0. The number of carbonyl (C=O) groups is 1. The molecule has 0 bridgehead atoms. The Morgan fingerprint density at radius 3 is 2.11 bits per heavy atom. The van der Waals surface area contributed by atoms with Crippen LogP contribution in [-0.2, 0) is 0 Å². The van der Waals surface area contributed by atoms with Crippen LogP contribution in [0.15, 0.2) is 46.9 Å². The van der Waals surface area contributed by atoms with Crippen molar-refractivity contribution < 1.29 is 14.3 Å². The minimum atomic E-state index is -0.0361. The second-order valence-electron chi connectivity index (χ2n) is 3.91. The maximum absolute atomic E-state index is 12.3. The molecule has 2 aromatic rings. The van der Waals surface area contributed by atoms with E-state index >= 15 is 0 Å². The first-order valence-corrected chi connectivity index (χ1v) is 6.47. The number of benzene rings is 2. The lowest BCUT2D eigenvalue weighted by atomic mass is 10.0. The minimum Gasteiger partial charge on any atom is -0.497 e. The molecule has 0 atom stereocenters. The van der Waals surface area contributed by atoms with Crippen LogP contribution in [0.25, 0.3) is 0 Å². The van der Waals surface area contributed by atoms with Crippen LogP contribution >= 0.6 is 15.9 Å². The van der Waals surface area contributed by atoms with Gasteiger partial charge in [0.15, 0.2) is 5.78 Å². The topological polar surface area (TPSA) is 35.5 Å². The van der Waals surface area contributed by atoms with E-state index in [0.29, 0.717) is 16.9 Å². The molecular weight excluding hydrogens is 308 g/mol. The van der Waals surface area contributed by atoms with Crippen LogP contribution in [0.4, 0.5) is 0 Å². The zero-order valence-electron chi connectivity index (χ0n) is 10.6. The highest BCUT2D eigenvalue weighted by molar-refractivity contribution is 9.10. The molecule has 4 heteroatoms. The van der Waals surface area contributed by atoms with Crippen molar-refractivity contribution in [3.8, 4) is 11.5 Å². The SMILES string of the molecule is COc1ccc(C(=O)c2ccc(OC)c(Br)c2)cc1. The van der Waals surface area contributed by atoms with Crippen LogP contribution in [0.2, 0.25) is 0 Å². The highest BCUT2D eigenvalue weighted by Gasteiger charge is 2.11. The van der Waals surface area contributed by atoms with Gasteiger partial charge >= 0.3 is 0 Å². The van der Waals surface area contributed by atoms with Gasteiger partial charge in [-0.2, -0.15) is 0 Å². The molecule has 19 heavy (non-hydrogen) atoms. The van der Waals surface area contributed by atoms with Gasteiger partial charge < -0.3 is 9.47 Å². The number of halogens is 1. The van der Waals surface area contributed by atoms with Gasteiger partial charge in [0.25, 0.3) is 0 Å². The lowest BCUT2D eigenvalue weighted by Crippen LogP contribution is -2.01. The van der Waals surface area contributed by atoms with Crippen LogP contribution in [0.3, 0.4) is 0 Å². The van der Waals surface area contributed by atoms with E-state index in [4.69, 9.17) is 9.47 Å². The molecule has 98 valence electrons. The van der Waals surface area contributed by atoms with Crippen molar-refractivity contribution in [1.82, 2.24) is 0 Å². The van der Waals surface area contributed by atoms with Gasteiger partial charge in [0.05, 0.1) is 18.7 Å². The minimum absolute atomic E-state index is 0.0361. The summed E-state index contributed by atoms with van der Waals surface area (Å²) in [6.45, 7) is 0. The monoisotopic (exact) mass is 320 g/mol. The first-order chi connectivity index (χ1) is 9.15. The molecule has 0 N–H and O–H groups in total. The smallest absolute Gasteiger partial charge is 0.193 e. The third kappa shape index (κ3) is 2.96. The Hall–Kier alpha value is -1.81. The average Bonchev–Trinajstić information content (AvgIpc) is 2.46. The van der Waals surface area contributed by atoms with Gasteiger partial charge in [-0.1, -0.05) is 0 Å². The molecule has 0 amide bonds. The van der Waals surface area contributed by atoms with E-state index in [9.17, 15) is 4.79 Å². The molecule has 0 heterocycles. The zero-order chi connectivity index (χ0) is 13.8. The highest BCUT2D eigenvalue weighted by atomic mass is 79.9. The number of carbonyl (C=O) groups excluding carboxylic acids is 1. The molecule has 0 aromatic heterocycles. The van der Waals surface area contributed by atoms with Gasteiger partial charge in [-0.15, -0.1) is 0 Å². The number of rotatable bonds is 4. The van der Waals surface area contributed by atoms with Gasteiger partial charge in [0.1, 0.15) is 11.5 Å². The summed E-state index contributed by atoms with van der Waals surface area (Å²) in [5, 5.41) is 0. The van der Waals surface area contributed by atoms with Crippen molar-refractivity contribution in [3.63, 3.8) is 0 Å². The molecule has 0 unspecified atom stereocenters. The predicted molar refractivity (Wildman–Crippen MR) is 77.1 cm³/mol. The number of hydrogen-bond donors (Lipinski definition) is 0. The zero-order valence-corrected chi connectivity index (χ0v) is 12.2. The van der Waals surface area contributed by atoms with Crippen LogP contribution in [0.5, 0.6) is 11.5 Å². The van der Waals surface area contributed by atoms with Crippen molar-refractivity contribution in [1.29, 1.82) is 0 Å². The molecule has 0 aliphatic carbocycles. The molecule has 0 aliphatic heterocycles. The molecule has 2 rings (SSSR count). The van der Waals surface area contributed by atoms with Crippen molar-refractivity contribution in [2.45, 2.75) is 0 Å². The van der Waals surface area contributed by atoms with Crippen LogP contribution in [0, 0.1) is 0 Å². The Morgan fingerprint density at radius 1 is 0.947 bits per heavy atom. The third-order valence-corrected chi connectivity index (χ3v) is 3.39. The van der Waals surface area contributed by atoms with Gasteiger partial charge in [-0.25, -0.2) is 0 Å². The normalized spacial score (nSPS) is 10.1. The third-order valence-electron chi connectivity index (χ3n) is 2.77. The van der Waals surface area contributed by atoms with Crippen LogP contribution in [0.1, 0.15) is 15.9 Å². The first-order valence-electron chi connectivity index (χ1n) is 5.68. The number of methoxy groups -OCH3 is 2. The second-order valence-corrected chi connectivity index (χ2v) is 4.76. The quantitative estimate of drug-likeness (QED) is 0.806. The van der Waals surface area contributed by atoms with Gasteiger partial charge in [-0.05, 0) is 58.4 Å². The van der Waals surface area contributed by atoms with Crippen molar-refractivity contribution in [2.24, 2.45) is 0 Å². The lowest BCUT2D eigenvalue weighted by molar-refractivity contribution is 0.103. The second kappa shape index (κ2) is 5.89. The van der Waals surface area contributed by atoms with E-state index in [1.54, 1.807) is 56.7 Å². The highest BCUT2D eigenvalue weighted by Crippen LogP contribution is 2.26. The van der Waals surface area contributed by atoms with Crippen molar-refractivity contribution in [2.75, 3.05) is 14.2 Å². The number of ether oxygens (including phenoxy) is 2. The van der Waals surface area contributed by atoms with E-state index in [2.05, 4.69) is 15.9 Å². The van der Waals surface area contributed by atoms with Crippen molar-refractivity contribution >= 4 is 21.7 Å². The summed E-state index contributed by atoms with van der Waals surface area (Å²) in [5.74, 6) is 1.39. The van der Waals surface area contributed by atoms with E-state index in [-0.39, 0.29) is 5.78 Å². The molecule has 0 spiro atoms. The van der Waals surface area contributed by atoms with E-state index in [1.807, 2.05) is 0 Å². The van der Waals surface area contributed by atoms with E-state index in [1.165, 1.54) is 0 Å². The number of ketones is 1. The predicted octanol–water partition coefficient (Wildman–Crippen LogP) is 3.70. The first kappa shape index (κ1) is 13.6. The van der Waals surface area contributed by atoms with Gasteiger partial charge in [0, 0.05) is 11.1 Å². The van der Waals surface area contributed by atoms with Crippen molar-refractivity contribution in [3.05, 3.63) is 58.1 Å². The summed E-state index contributed by atoms with van der Waals surface area (Å²) in [6, 6.07) is 12.3. The Morgan fingerprint density at radius 2 is 1.58 bits per heavy atom. The molecule has 0 radical (unpaired) electrons. The Balaban J connectivity index is 2.30. The summed E-state index contributed by atoms with van der Waals surface area (Å²) < 4.78 is 11.0. The fourth-order valence-electron chi connectivity index (χ4n) is 1.72. The molecule has 0 saturated heterocycles. The Kier molecular flexibility index (Phi) is 4.22. The fourth-order valence-corrected chi connectivity index (χ4v) is 2.26. The van der Waals surface area contributed by atoms with Gasteiger partial charge in [-0.3, -0.25) is 4.79 Å². The summed E-state index contributed by atoms with van der Waals surface area (Å²) in [4.78, 5) is 12.3. The lowest BCUT2D eigenvalue weighted by Gasteiger charge is -2.06. The molecule has 0 saturated carbocycles. The average molecular weight is 321 g/mol. The molecule has 0 fully saturated rings. The number of hydrogen-bond acceptors (Lipinski definition) is 3. The Bertz CT molecular complexity index is 591. The molecule has 0 aliphatic rings. The summed E-state index contributed by atoms with van der Waals surface area (Å²) in [5.41, 5.74) is 1.23. The molecular formula is C15H13BrO3. The van der Waals surface area contributed by atoms with Crippen LogP contribution < -0.4 is 9.47 Å². The maximum Gasteiger partial charge on any atom is 0.193 e. The molecule has 3 nitrogen and oxygen atoms in total. The summed E-state index contributed by atoms with van der Waals surface area (Å²) >= 11 is 3.37. The van der Waals surface area contributed by atoms with Gasteiger partial charge in [0.2, 0.25) is 0 Å². The molecule has 2 aromatic carbocycles. The largest absolute Gasteiger partial charge is 0.497 e. The fraction of sp³-hybridized carbons (Fsp3) is 0.133. The van der Waals surface area contributed by atoms with E-state index < -0.39 is 0 Å². The maximum atomic E-state index is 12.3. The van der Waals surface area contributed by atoms with E-state index in [0.717, 1.165) is 10.2 Å². The standard InChI is InChI=1S/C15H13BrO3/c1-18-12-6-3-10(4-7-12)15(17)11-5-8-14(19-2)13(16)9-11/h3-9H,1-2H3. The van der Waals surface area contributed by atoms with Crippen LogP contribution in [-0.4, -0.2) is 20.0 Å².